The first-order chi connectivity index (χ1) is 9.08. The monoisotopic (exact) mass is 275 g/mol. The lowest BCUT2D eigenvalue weighted by molar-refractivity contribution is 0.0692. The Morgan fingerprint density at radius 1 is 1.00 bits per heavy atom. The molecule has 0 heterocycles. The van der Waals surface area contributed by atoms with Crippen LogP contribution < -0.4 is 5.32 Å². The molecule has 0 radical (unpaired) electrons. The molecule has 2 N–H and O–H groups in total. The molecule has 2 aromatic rings. The van der Waals surface area contributed by atoms with Crippen LogP contribution in [0.1, 0.15) is 20.7 Å². The van der Waals surface area contributed by atoms with Gasteiger partial charge in [-0.1, -0.05) is 29.8 Å². The molecular formula is C14H10ClNO3. The average Bonchev–Trinajstić information content (AvgIpc) is 2.39. The number of hydrogen-bond donors (Lipinski definition) is 2. The van der Waals surface area contributed by atoms with E-state index in [1.165, 1.54) is 18.2 Å². The molecule has 2 aromatic carbocycles. The van der Waals surface area contributed by atoms with Crippen LogP contribution in [0, 0.1) is 0 Å². The maximum absolute atomic E-state index is 12.1. The quantitative estimate of drug-likeness (QED) is 0.903. The molecule has 0 aliphatic rings. The van der Waals surface area contributed by atoms with E-state index >= 15 is 0 Å². The second-order valence-corrected chi connectivity index (χ2v) is 4.25. The Balaban J connectivity index is 2.33. The molecule has 1 amide bonds. The van der Waals surface area contributed by atoms with E-state index in [0.717, 1.165) is 0 Å². The third-order valence-corrected chi connectivity index (χ3v) is 2.72. The Labute approximate surface area is 114 Å². The SMILES string of the molecule is O=C(O)c1ccc(Cl)cc1C(=O)Nc1ccccc1. The van der Waals surface area contributed by atoms with Crippen molar-refractivity contribution in [2.24, 2.45) is 0 Å². The molecule has 0 saturated heterocycles. The minimum Gasteiger partial charge on any atom is -0.478 e. The van der Waals surface area contributed by atoms with E-state index in [1.54, 1.807) is 24.3 Å². The van der Waals surface area contributed by atoms with Crippen LogP contribution in [0.4, 0.5) is 5.69 Å². The van der Waals surface area contributed by atoms with E-state index in [4.69, 9.17) is 16.7 Å². The molecule has 0 aliphatic carbocycles. The van der Waals surface area contributed by atoms with Gasteiger partial charge in [0.15, 0.2) is 0 Å². The standard InChI is InChI=1S/C14H10ClNO3/c15-9-6-7-11(14(18)19)12(8-9)13(17)16-10-4-2-1-3-5-10/h1-8H,(H,16,17)(H,18,19). The minimum absolute atomic E-state index is 0.0313. The molecule has 0 saturated carbocycles. The van der Waals surface area contributed by atoms with Crippen LogP contribution in [0.2, 0.25) is 5.02 Å². The highest BCUT2D eigenvalue weighted by Crippen LogP contribution is 2.18. The van der Waals surface area contributed by atoms with Crippen molar-refractivity contribution in [1.82, 2.24) is 0 Å². The highest BCUT2D eigenvalue weighted by molar-refractivity contribution is 6.31. The molecule has 0 aromatic heterocycles. The predicted molar refractivity (Wildman–Crippen MR) is 72.8 cm³/mol. The maximum Gasteiger partial charge on any atom is 0.336 e. The van der Waals surface area contributed by atoms with E-state index < -0.39 is 11.9 Å². The molecular weight excluding hydrogens is 266 g/mol. The number of amides is 1. The summed E-state index contributed by atoms with van der Waals surface area (Å²) in [7, 11) is 0. The summed E-state index contributed by atoms with van der Waals surface area (Å²) in [6, 6.07) is 12.9. The van der Waals surface area contributed by atoms with Crippen LogP contribution in [0.15, 0.2) is 48.5 Å². The van der Waals surface area contributed by atoms with Gasteiger partial charge < -0.3 is 10.4 Å². The van der Waals surface area contributed by atoms with Gasteiger partial charge in [0, 0.05) is 10.7 Å². The Kier molecular flexibility index (Phi) is 3.82. The van der Waals surface area contributed by atoms with Gasteiger partial charge in [-0.3, -0.25) is 4.79 Å². The number of carboxylic acids is 1. The summed E-state index contributed by atoms with van der Waals surface area (Å²) < 4.78 is 0. The minimum atomic E-state index is -1.17. The lowest BCUT2D eigenvalue weighted by Crippen LogP contribution is -2.16. The largest absolute Gasteiger partial charge is 0.478 e. The fourth-order valence-electron chi connectivity index (χ4n) is 1.61. The number of rotatable bonds is 3. The average molecular weight is 276 g/mol. The van der Waals surface area contributed by atoms with E-state index in [0.29, 0.717) is 10.7 Å². The zero-order valence-electron chi connectivity index (χ0n) is 9.76. The third kappa shape index (κ3) is 3.11. The van der Waals surface area contributed by atoms with Crippen molar-refractivity contribution in [2.45, 2.75) is 0 Å². The van der Waals surface area contributed by atoms with E-state index in [2.05, 4.69) is 5.32 Å². The maximum atomic E-state index is 12.1. The van der Waals surface area contributed by atoms with Gasteiger partial charge >= 0.3 is 5.97 Å². The Bertz CT molecular complexity index is 626. The zero-order valence-corrected chi connectivity index (χ0v) is 10.5. The second-order valence-electron chi connectivity index (χ2n) is 3.82. The smallest absolute Gasteiger partial charge is 0.336 e. The van der Waals surface area contributed by atoms with Crippen molar-refractivity contribution in [3.63, 3.8) is 0 Å². The number of anilines is 1. The highest BCUT2D eigenvalue weighted by atomic mass is 35.5. The van der Waals surface area contributed by atoms with Gasteiger partial charge in [-0.15, -0.1) is 0 Å². The van der Waals surface area contributed by atoms with Gasteiger partial charge in [0.05, 0.1) is 11.1 Å². The van der Waals surface area contributed by atoms with Gasteiger partial charge in [0.1, 0.15) is 0 Å². The number of aromatic carboxylic acids is 1. The first kappa shape index (κ1) is 13.1. The van der Waals surface area contributed by atoms with Crippen molar-refractivity contribution in [3.05, 3.63) is 64.7 Å². The van der Waals surface area contributed by atoms with Gasteiger partial charge in [-0.2, -0.15) is 0 Å². The Morgan fingerprint density at radius 2 is 1.68 bits per heavy atom. The van der Waals surface area contributed by atoms with Crippen LogP contribution in [0.25, 0.3) is 0 Å². The number of carbonyl (C=O) groups is 2. The topological polar surface area (TPSA) is 66.4 Å². The molecule has 0 bridgehead atoms. The summed E-state index contributed by atoms with van der Waals surface area (Å²) in [5, 5.41) is 12.0. The van der Waals surface area contributed by atoms with Crippen molar-refractivity contribution in [2.75, 3.05) is 5.32 Å². The fraction of sp³-hybridized carbons (Fsp3) is 0. The number of halogens is 1. The van der Waals surface area contributed by atoms with Crippen LogP contribution in [0.5, 0.6) is 0 Å². The number of carboxylic acid groups (broad SMARTS) is 1. The molecule has 5 heteroatoms. The van der Waals surface area contributed by atoms with Crippen molar-refractivity contribution in [3.8, 4) is 0 Å². The normalized spacial score (nSPS) is 9.95. The number of para-hydroxylation sites is 1. The molecule has 4 nitrogen and oxygen atoms in total. The van der Waals surface area contributed by atoms with Crippen LogP contribution >= 0.6 is 11.6 Å². The van der Waals surface area contributed by atoms with Crippen LogP contribution in [-0.2, 0) is 0 Å². The molecule has 19 heavy (non-hydrogen) atoms. The molecule has 0 atom stereocenters. The molecule has 0 unspecified atom stereocenters. The van der Waals surface area contributed by atoms with Gasteiger partial charge in [0.25, 0.3) is 5.91 Å². The Morgan fingerprint density at radius 3 is 2.32 bits per heavy atom. The lowest BCUT2D eigenvalue weighted by atomic mass is 10.1. The number of carbonyl (C=O) groups excluding carboxylic acids is 1. The zero-order chi connectivity index (χ0) is 13.8. The summed E-state index contributed by atoms with van der Waals surface area (Å²) in [6.07, 6.45) is 0. The van der Waals surface area contributed by atoms with Crippen molar-refractivity contribution in [1.29, 1.82) is 0 Å². The summed E-state index contributed by atoms with van der Waals surface area (Å²) >= 11 is 5.80. The summed E-state index contributed by atoms with van der Waals surface area (Å²) in [4.78, 5) is 23.1. The van der Waals surface area contributed by atoms with E-state index in [9.17, 15) is 9.59 Å². The number of benzene rings is 2. The van der Waals surface area contributed by atoms with Crippen LogP contribution in [-0.4, -0.2) is 17.0 Å². The highest BCUT2D eigenvalue weighted by Gasteiger charge is 2.17. The van der Waals surface area contributed by atoms with Crippen molar-refractivity contribution < 1.29 is 14.7 Å². The van der Waals surface area contributed by atoms with Gasteiger partial charge in [-0.05, 0) is 30.3 Å². The van der Waals surface area contributed by atoms with Crippen LogP contribution in [0.3, 0.4) is 0 Å². The summed E-state index contributed by atoms with van der Waals surface area (Å²) in [5.74, 6) is -1.68. The summed E-state index contributed by atoms with van der Waals surface area (Å²) in [6.45, 7) is 0. The Hall–Kier alpha value is -2.33. The van der Waals surface area contributed by atoms with Gasteiger partial charge in [-0.25, -0.2) is 4.79 Å². The summed E-state index contributed by atoms with van der Waals surface area (Å²) in [5.41, 5.74) is 0.533. The fourth-order valence-corrected chi connectivity index (χ4v) is 1.78. The van der Waals surface area contributed by atoms with E-state index in [-0.39, 0.29) is 11.1 Å². The first-order valence-corrected chi connectivity index (χ1v) is 5.85. The third-order valence-electron chi connectivity index (χ3n) is 2.49. The molecule has 0 fully saturated rings. The number of nitrogens with one attached hydrogen (secondary N) is 1. The first-order valence-electron chi connectivity index (χ1n) is 5.47. The molecule has 0 spiro atoms. The lowest BCUT2D eigenvalue weighted by Gasteiger charge is -2.08. The molecule has 0 aliphatic heterocycles. The number of hydrogen-bond acceptors (Lipinski definition) is 2. The predicted octanol–water partition coefficient (Wildman–Crippen LogP) is 3.29. The molecule has 96 valence electrons. The van der Waals surface area contributed by atoms with Gasteiger partial charge in [0.2, 0.25) is 0 Å². The molecule has 2 rings (SSSR count). The second kappa shape index (κ2) is 5.54. The van der Waals surface area contributed by atoms with Crippen molar-refractivity contribution >= 4 is 29.2 Å². The van der Waals surface area contributed by atoms with E-state index in [1.807, 2.05) is 6.07 Å².